The van der Waals surface area contributed by atoms with E-state index in [1.165, 1.54) is 0 Å². The molecule has 0 spiro atoms. The third kappa shape index (κ3) is 3.35. The summed E-state index contributed by atoms with van der Waals surface area (Å²) in [7, 11) is 1.97. The van der Waals surface area contributed by atoms with Crippen LogP contribution in [-0.2, 0) is 13.5 Å². The molecule has 0 aliphatic heterocycles. The number of hydrogen-bond acceptors (Lipinski definition) is 3. The zero-order valence-corrected chi connectivity index (χ0v) is 11.4. The lowest BCUT2D eigenvalue weighted by atomic mass is 10.1. The second-order valence-electron chi connectivity index (χ2n) is 4.51. The fraction of sp³-hybridized carbons (Fsp3) is 0.400. The van der Waals surface area contributed by atoms with E-state index in [-0.39, 0.29) is 0 Å². The molecule has 0 aliphatic rings. The summed E-state index contributed by atoms with van der Waals surface area (Å²) in [5.41, 5.74) is 0.852. The summed E-state index contributed by atoms with van der Waals surface area (Å²) >= 11 is 0. The van der Waals surface area contributed by atoms with Crippen LogP contribution in [-0.4, -0.2) is 21.3 Å². The molecule has 102 valence electrons. The molecule has 1 aromatic heterocycles. The molecule has 0 aliphatic carbocycles. The van der Waals surface area contributed by atoms with Gasteiger partial charge in [0.1, 0.15) is 11.6 Å². The number of hydrogen-bond donors (Lipinski definition) is 1. The van der Waals surface area contributed by atoms with Crippen LogP contribution in [0.15, 0.2) is 36.7 Å². The normalized spacial score (nSPS) is 12.4. The van der Waals surface area contributed by atoms with Gasteiger partial charge in [0.25, 0.3) is 0 Å². The van der Waals surface area contributed by atoms with Crippen molar-refractivity contribution in [2.75, 3.05) is 6.61 Å². The van der Waals surface area contributed by atoms with Crippen LogP contribution in [0.25, 0.3) is 0 Å². The molecule has 2 rings (SSSR count). The lowest BCUT2D eigenvalue weighted by Crippen LogP contribution is -2.08. The Morgan fingerprint density at radius 1 is 1.37 bits per heavy atom. The summed E-state index contributed by atoms with van der Waals surface area (Å²) in [5, 5.41) is 9.94. The SMILES string of the molecule is CC[C@@H](O)c1ccccc1OCCc1nccn1C. The van der Waals surface area contributed by atoms with Crippen molar-refractivity contribution < 1.29 is 9.84 Å². The lowest BCUT2D eigenvalue weighted by Gasteiger charge is -2.14. The van der Waals surface area contributed by atoms with Gasteiger partial charge in [-0.2, -0.15) is 0 Å². The lowest BCUT2D eigenvalue weighted by molar-refractivity contribution is 0.167. The summed E-state index contributed by atoms with van der Waals surface area (Å²) < 4.78 is 7.76. The van der Waals surface area contributed by atoms with Crippen LogP contribution in [0, 0.1) is 0 Å². The maximum atomic E-state index is 9.94. The highest BCUT2D eigenvalue weighted by molar-refractivity contribution is 5.35. The number of aromatic nitrogens is 2. The van der Waals surface area contributed by atoms with Crippen LogP contribution in [0.5, 0.6) is 5.75 Å². The van der Waals surface area contributed by atoms with Crippen molar-refractivity contribution in [1.82, 2.24) is 9.55 Å². The third-order valence-electron chi connectivity index (χ3n) is 3.17. The van der Waals surface area contributed by atoms with Crippen molar-refractivity contribution in [3.8, 4) is 5.75 Å². The van der Waals surface area contributed by atoms with Crippen molar-refractivity contribution in [3.05, 3.63) is 48.0 Å². The molecular formula is C15H20N2O2. The van der Waals surface area contributed by atoms with Crippen molar-refractivity contribution in [2.45, 2.75) is 25.9 Å². The number of imidazole rings is 1. The number of benzene rings is 1. The first-order valence-corrected chi connectivity index (χ1v) is 6.58. The number of aliphatic hydroxyl groups excluding tert-OH is 1. The second-order valence-corrected chi connectivity index (χ2v) is 4.51. The zero-order chi connectivity index (χ0) is 13.7. The van der Waals surface area contributed by atoms with Crippen LogP contribution in [0.3, 0.4) is 0 Å². The van der Waals surface area contributed by atoms with E-state index >= 15 is 0 Å². The van der Waals surface area contributed by atoms with E-state index in [4.69, 9.17) is 4.74 Å². The van der Waals surface area contributed by atoms with Gasteiger partial charge in [-0.15, -0.1) is 0 Å². The fourth-order valence-corrected chi connectivity index (χ4v) is 2.00. The van der Waals surface area contributed by atoms with Crippen molar-refractivity contribution in [3.63, 3.8) is 0 Å². The largest absolute Gasteiger partial charge is 0.493 e. The van der Waals surface area contributed by atoms with E-state index in [2.05, 4.69) is 4.98 Å². The average molecular weight is 260 g/mol. The monoisotopic (exact) mass is 260 g/mol. The number of aliphatic hydroxyl groups is 1. The number of ether oxygens (including phenoxy) is 1. The Kier molecular flexibility index (Phi) is 4.58. The minimum Gasteiger partial charge on any atom is -0.493 e. The summed E-state index contributed by atoms with van der Waals surface area (Å²) in [6, 6.07) is 7.64. The number of rotatable bonds is 6. The first-order chi connectivity index (χ1) is 9.22. The van der Waals surface area contributed by atoms with Crippen LogP contribution in [0.2, 0.25) is 0 Å². The average Bonchev–Trinajstić information content (AvgIpc) is 2.84. The van der Waals surface area contributed by atoms with Gasteiger partial charge in [-0.3, -0.25) is 0 Å². The molecule has 0 saturated heterocycles. The molecular weight excluding hydrogens is 240 g/mol. The molecule has 0 unspecified atom stereocenters. The molecule has 0 radical (unpaired) electrons. The van der Waals surface area contributed by atoms with Crippen LogP contribution in [0.1, 0.15) is 30.8 Å². The highest BCUT2D eigenvalue weighted by Crippen LogP contribution is 2.26. The Balaban J connectivity index is 1.98. The minimum atomic E-state index is -0.468. The third-order valence-corrected chi connectivity index (χ3v) is 3.17. The Morgan fingerprint density at radius 2 is 2.16 bits per heavy atom. The summed E-state index contributed by atoms with van der Waals surface area (Å²) in [6.45, 7) is 2.51. The van der Waals surface area contributed by atoms with Gasteiger partial charge in [0.2, 0.25) is 0 Å². The molecule has 1 atom stereocenters. The quantitative estimate of drug-likeness (QED) is 0.868. The van der Waals surface area contributed by atoms with Gasteiger partial charge in [0.05, 0.1) is 12.7 Å². The van der Waals surface area contributed by atoms with E-state index in [1.54, 1.807) is 6.20 Å². The van der Waals surface area contributed by atoms with E-state index in [9.17, 15) is 5.11 Å². The van der Waals surface area contributed by atoms with E-state index in [1.807, 2.05) is 49.0 Å². The molecule has 0 bridgehead atoms. The van der Waals surface area contributed by atoms with Gasteiger partial charge in [-0.1, -0.05) is 25.1 Å². The van der Waals surface area contributed by atoms with Gasteiger partial charge in [0, 0.05) is 31.4 Å². The topological polar surface area (TPSA) is 47.3 Å². The van der Waals surface area contributed by atoms with Gasteiger partial charge < -0.3 is 14.4 Å². The van der Waals surface area contributed by atoms with E-state index in [0.29, 0.717) is 13.0 Å². The molecule has 4 nitrogen and oxygen atoms in total. The predicted molar refractivity (Wildman–Crippen MR) is 74.1 cm³/mol. The first kappa shape index (κ1) is 13.6. The molecule has 1 N–H and O–H groups in total. The zero-order valence-electron chi connectivity index (χ0n) is 11.4. The van der Waals surface area contributed by atoms with Crippen molar-refractivity contribution in [2.24, 2.45) is 7.05 Å². The van der Waals surface area contributed by atoms with Crippen LogP contribution >= 0.6 is 0 Å². The van der Waals surface area contributed by atoms with Crippen LogP contribution < -0.4 is 4.74 Å². The van der Waals surface area contributed by atoms with Crippen molar-refractivity contribution >= 4 is 0 Å². The van der Waals surface area contributed by atoms with Gasteiger partial charge in [-0.25, -0.2) is 4.98 Å². The van der Waals surface area contributed by atoms with Crippen molar-refractivity contribution in [1.29, 1.82) is 0 Å². The molecule has 19 heavy (non-hydrogen) atoms. The molecule has 0 fully saturated rings. The summed E-state index contributed by atoms with van der Waals surface area (Å²) in [4.78, 5) is 4.25. The first-order valence-electron chi connectivity index (χ1n) is 6.58. The van der Waals surface area contributed by atoms with E-state index in [0.717, 1.165) is 23.6 Å². The Morgan fingerprint density at radius 3 is 2.84 bits per heavy atom. The number of para-hydroxylation sites is 1. The maximum absolute atomic E-state index is 9.94. The molecule has 2 aromatic rings. The molecule has 1 aromatic carbocycles. The fourth-order valence-electron chi connectivity index (χ4n) is 2.00. The number of aryl methyl sites for hydroxylation is 1. The summed E-state index contributed by atoms with van der Waals surface area (Å²) in [5.74, 6) is 1.75. The second kappa shape index (κ2) is 6.38. The standard InChI is InChI=1S/C15H20N2O2/c1-3-13(18)12-6-4-5-7-14(12)19-11-8-15-16-9-10-17(15)2/h4-7,9-10,13,18H,3,8,11H2,1-2H3/t13-/m1/s1. The molecule has 4 heteroatoms. The summed E-state index contributed by atoms with van der Waals surface area (Å²) in [6.07, 6.45) is 4.66. The van der Waals surface area contributed by atoms with E-state index < -0.39 is 6.10 Å². The molecule has 1 heterocycles. The maximum Gasteiger partial charge on any atom is 0.125 e. The van der Waals surface area contributed by atoms with Gasteiger partial charge in [0.15, 0.2) is 0 Å². The Bertz CT molecular complexity index is 522. The highest BCUT2D eigenvalue weighted by Gasteiger charge is 2.11. The molecule has 0 saturated carbocycles. The number of nitrogens with zero attached hydrogens (tertiary/aromatic N) is 2. The van der Waals surface area contributed by atoms with Gasteiger partial charge in [-0.05, 0) is 12.5 Å². The Hall–Kier alpha value is -1.81. The highest BCUT2D eigenvalue weighted by atomic mass is 16.5. The smallest absolute Gasteiger partial charge is 0.125 e. The predicted octanol–water partition coefficient (Wildman–Crippen LogP) is 2.49. The molecule has 0 amide bonds. The van der Waals surface area contributed by atoms with Gasteiger partial charge >= 0.3 is 0 Å². The Labute approximate surface area is 113 Å². The minimum absolute atomic E-state index is 0.468. The van der Waals surface area contributed by atoms with Crippen LogP contribution in [0.4, 0.5) is 0 Å².